The number of carbonyl (C=O) groups excluding carboxylic acids is 1. The zero-order valence-electron chi connectivity index (χ0n) is 15.0. The minimum absolute atomic E-state index is 0.0110. The number of hydrogen-bond acceptors (Lipinski definition) is 6. The zero-order chi connectivity index (χ0) is 22.7. The first-order valence-electron chi connectivity index (χ1n) is 8.08. The number of nitro groups is 1. The molecule has 0 bridgehead atoms. The molecule has 158 valence electrons. The third-order valence-electron chi connectivity index (χ3n) is 3.92. The molecule has 8 nitrogen and oxygen atoms in total. The lowest BCUT2D eigenvalue weighted by Crippen LogP contribution is -2.20. The lowest BCUT2D eigenvalue weighted by atomic mass is 9.99. The van der Waals surface area contributed by atoms with Gasteiger partial charge in [-0.15, -0.1) is 0 Å². The highest BCUT2D eigenvalue weighted by Crippen LogP contribution is 2.31. The average Bonchev–Trinajstić information content (AvgIpc) is 2.69. The van der Waals surface area contributed by atoms with E-state index in [2.05, 4.69) is 5.32 Å². The monoisotopic (exact) mass is 428 g/mol. The lowest BCUT2D eigenvalue weighted by Gasteiger charge is -2.14. The second-order valence-electron chi connectivity index (χ2n) is 5.77. The molecule has 0 amide bonds. The van der Waals surface area contributed by atoms with E-state index in [1.807, 2.05) is 0 Å². The summed E-state index contributed by atoms with van der Waals surface area (Å²) in [7, 11) is 0. The minimum Gasteiger partial charge on any atom is -0.506 e. The largest absolute Gasteiger partial charge is 0.506 e. The number of nitrogens with zero attached hydrogens (tertiary/aromatic N) is 1. The smallest absolute Gasteiger partial charge is 0.341 e. The van der Waals surface area contributed by atoms with E-state index in [9.17, 15) is 47.5 Å². The number of allylic oxidation sites excluding steroid dienone is 1. The van der Waals surface area contributed by atoms with E-state index in [1.165, 1.54) is 6.92 Å². The molecule has 30 heavy (non-hydrogen) atoms. The van der Waals surface area contributed by atoms with Gasteiger partial charge in [0.15, 0.2) is 23.3 Å². The van der Waals surface area contributed by atoms with E-state index in [0.29, 0.717) is 0 Å². The molecule has 2 aromatic rings. The summed E-state index contributed by atoms with van der Waals surface area (Å²) in [6.45, 7) is 1.34. The zero-order valence-corrected chi connectivity index (χ0v) is 15.0. The van der Waals surface area contributed by atoms with Gasteiger partial charge in [0.2, 0.25) is 5.78 Å². The van der Waals surface area contributed by atoms with Crippen molar-refractivity contribution >= 4 is 23.1 Å². The van der Waals surface area contributed by atoms with Crippen LogP contribution in [0.25, 0.3) is 0 Å². The van der Waals surface area contributed by atoms with E-state index < -0.39 is 68.2 Å². The fourth-order valence-corrected chi connectivity index (χ4v) is 2.46. The second kappa shape index (κ2) is 8.59. The summed E-state index contributed by atoms with van der Waals surface area (Å²) in [5.74, 6) is -12.7. The van der Waals surface area contributed by atoms with Crippen LogP contribution in [-0.4, -0.2) is 26.9 Å². The van der Waals surface area contributed by atoms with Crippen molar-refractivity contribution in [2.75, 3.05) is 5.32 Å². The molecule has 0 saturated carbocycles. The number of carbonyl (C=O) groups is 2. The van der Waals surface area contributed by atoms with Gasteiger partial charge in [-0.25, -0.2) is 22.4 Å². The molecular formula is C18H12F4N2O6. The number of rotatable bonds is 7. The molecule has 0 saturated heterocycles. The van der Waals surface area contributed by atoms with Crippen molar-refractivity contribution < 1.29 is 42.3 Å². The van der Waals surface area contributed by atoms with Crippen molar-refractivity contribution in [2.45, 2.75) is 13.3 Å². The van der Waals surface area contributed by atoms with Gasteiger partial charge in [0.25, 0.3) is 5.69 Å². The van der Waals surface area contributed by atoms with E-state index >= 15 is 0 Å². The Morgan fingerprint density at radius 2 is 1.73 bits per heavy atom. The molecule has 0 aliphatic carbocycles. The Bertz CT molecular complexity index is 1100. The molecule has 0 atom stereocenters. The second-order valence-corrected chi connectivity index (χ2v) is 5.77. The molecule has 3 N–H and O–H groups in total. The SMILES string of the molecule is CCC(Nc1cc([N+](=O)[O-])ccc1O)=C(C(=O)O)C(=O)c1cc(F)c(F)c(F)c1F. The van der Waals surface area contributed by atoms with Gasteiger partial charge in [-0.2, -0.15) is 0 Å². The van der Waals surface area contributed by atoms with E-state index in [-0.39, 0.29) is 18.2 Å². The van der Waals surface area contributed by atoms with Gasteiger partial charge >= 0.3 is 5.97 Å². The van der Waals surface area contributed by atoms with E-state index in [0.717, 1.165) is 18.2 Å². The summed E-state index contributed by atoms with van der Waals surface area (Å²) in [5.41, 5.74) is -3.85. The lowest BCUT2D eigenvalue weighted by molar-refractivity contribution is -0.384. The highest BCUT2D eigenvalue weighted by atomic mass is 19.2. The number of phenolic OH excluding ortho intramolecular Hbond substituents is 1. The maximum Gasteiger partial charge on any atom is 0.341 e. The van der Waals surface area contributed by atoms with Crippen LogP contribution in [0.1, 0.15) is 23.7 Å². The summed E-state index contributed by atoms with van der Waals surface area (Å²) in [6, 6.07) is 2.74. The van der Waals surface area contributed by atoms with Gasteiger partial charge in [-0.05, 0) is 18.6 Å². The standard InChI is InChI=1S/C18H12F4N2O6/c1-2-10(23-11-5-7(24(29)30)3-4-12(11)25)13(18(27)28)17(26)8-6-9(19)15(21)16(22)14(8)20/h3-6,23,25H,2H2,1H3,(H,27,28). The number of anilines is 1. The number of phenols is 1. The number of ketones is 1. The molecule has 0 aliphatic heterocycles. The van der Waals surface area contributed by atoms with Crippen LogP contribution in [0.3, 0.4) is 0 Å². The van der Waals surface area contributed by atoms with Gasteiger partial charge in [-0.1, -0.05) is 6.92 Å². The first-order chi connectivity index (χ1) is 14.0. The molecular weight excluding hydrogens is 416 g/mol. The Hall–Kier alpha value is -3.96. The number of non-ortho nitro benzene ring substituents is 1. The van der Waals surface area contributed by atoms with Crippen LogP contribution >= 0.6 is 0 Å². The molecule has 0 aromatic heterocycles. The van der Waals surface area contributed by atoms with E-state index in [1.54, 1.807) is 0 Å². The normalized spacial score (nSPS) is 11.6. The maximum absolute atomic E-state index is 14.0. The number of benzene rings is 2. The molecule has 0 unspecified atom stereocenters. The predicted octanol–water partition coefficient (Wildman–Crippen LogP) is 3.90. The molecule has 0 spiro atoms. The van der Waals surface area contributed by atoms with Crippen LogP contribution in [0.4, 0.5) is 28.9 Å². The summed E-state index contributed by atoms with van der Waals surface area (Å²) >= 11 is 0. The van der Waals surface area contributed by atoms with Crippen LogP contribution in [0.15, 0.2) is 35.5 Å². The number of nitro benzene ring substituents is 1. The van der Waals surface area contributed by atoms with Crippen molar-refractivity contribution in [2.24, 2.45) is 0 Å². The molecule has 2 rings (SSSR count). The highest BCUT2D eigenvalue weighted by molar-refractivity contribution is 6.24. The minimum atomic E-state index is -2.30. The van der Waals surface area contributed by atoms with Gasteiger partial charge < -0.3 is 15.5 Å². The topological polar surface area (TPSA) is 130 Å². The summed E-state index contributed by atoms with van der Waals surface area (Å²) in [5, 5.41) is 32.5. The van der Waals surface area contributed by atoms with Crippen LogP contribution in [-0.2, 0) is 4.79 Å². The third kappa shape index (κ3) is 4.21. The Morgan fingerprint density at radius 3 is 2.27 bits per heavy atom. The van der Waals surface area contributed by atoms with Gasteiger partial charge in [-0.3, -0.25) is 14.9 Å². The Labute approximate surface area is 165 Å². The first-order valence-corrected chi connectivity index (χ1v) is 8.08. The summed E-state index contributed by atoms with van der Waals surface area (Å²) < 4.78 is 54.0. The molecule has 12 heteroatoms. The number of aromatic hydroxyl groups is 1. The van der Waals surface area contributed by atoms with Crippen molar-refractivity contribution in [3.8, 4) is 5.75 Å². The highest BCUT2D eigenvalue weighted by Gasteiger charge is 2.30. The van der Waals surface area contributed by atoms with E-state index in [4.69, 9.17) is 0 Å². The number of hydrogen-bond donors (Lipinski definition) is 3. The molecule has 0 radical (unpaired) electrons. The molecule has 0 aliphatic rings. The Morgan fingerprint density at radius 1 is 1.10 bits per heavy atom. The van der Waals surface area contributed by atoms with Crippen LogP contribution in [0.2, 0.25) is 0 Å². The Balaban J connectivity index is 2.64. The average molecular weight is 428 g/mol. The molecule has 0 heterocycles. The van der Waals surface area contributed by atoms with Gasteiger partial charge in [0, 0.05) is 17.8 Å². The van der Waals surface area contributed by atoms with Crippen molar-refractivity contribution in [3.05, 3.63) is 74.5 Å². The van der Waals surface area contributed by atoms with Crippen molar-refractivity contribution in [3.63, 3.8) is 0 Å². The molecule has 2 aromatic carbocycles. The summed E-state index contributed by atoms with van der Waals surface area (Å²) in [6.07, 6.45) is -0.261. The van der Waals surface area contributed by atoms with Gasteiger partial charge in [0.1, 0.15) is 11.3 Å². The predicted molar refractivity (Wildman–Crippen MR) is 93.9 cm³/mol. The molecule has 0 fully saturated rings. The van der Waals surface area contributed by atoms with Crippen LogP contribution in [0.5, 0.6) is 5.75 Å². The number of Topliss-reactive ketones (excluding diaryl/α,β-unsaturated/α-hetero) is 1. The fourth-order valence-electron chi connectivity index (χ4n) is 2.46. The maximum atomic E-state index is 14.0. The number of carboxylic acid groups (broad SMARTS) is 1. The fraction of sp³-hybridized carbons (Fsp3) is 0.111. The Kier molecular flexibility index (Phi) is 6.40. The summed E-state index contributed by atoms with van der Waals surface area (Å²) in [4.78, 5) is 34.2. The van der Waals surface area contributed by atoms with Gasteiger partial charge in [0.05, 0.1) is 16.2 Å². The number of carboxylic acids is 1. The van der Waals surface area contributed by atoms with Crippen molar-refractivity contribution in [1.82, 2.24) is 0 Å². The van der Waals surface area contributed by atoms with Crippen LogP contribution in [0, 0.1) is 33.4 Å². The number of aliphatic carboxylic acids is 1. The quantitative estimate of drug-likeness (QED) is 0.0583. The van der Waals surface area contributed by atoms with Crippen LogP contribution < -0.4 is 5.32 Å². The number of halogens is 4. The first kappa shape index (κ1) is 22.3. The third-order valence-corrected chi connectivity index (χ3v) is 3.92. The van der Waals surface area contributed by atoms with Crippen molar-refractivity contribution in [1.29, 1.82) is 0 Å². The number of nitrogens with one attached hydrogen (secondary N) is 1.